The molecule has 126 valence electrons. The van der Waals surface area contributed by atoms with E-state index in [9.17, 15) is 0 Å². The number of nitrogens with one attached hydrogen (secondary N) is 1. The molecule has 1 aromatic carbocycles. The first-order chi connectivity index (χ1) is 11.3. The van der Waals surface area contributed by atoms with Crippen LogP contribution < -0.4 is 5.32 Å². The molecule has 0 saturated carbocycles. The summed E-state index contributed by atoms with van der Waals surface area (Å²) in [6.45, 7) is 3.78. The van der Waals surface area contributed by atoms with Gasteiger partial charge in [0, 0.05) is 12.5 Å². The van der Waals surface area contributed by atoms with Gasteiger partial charge in [-0.15, -0.1) is 12.4 Å². The van der Waals surface area contributed by atoms with Crippen molar-refractivity contribution in [2.75, 3.05) is 13.1 Å². The fourth-order valence-electron chi connectivity index (χ4n) is 2.80. The SMILES string of the molecule is Cc1nc(Cc2noc(-c3ccc4c(c3)CCNCC4)n2)no1.Cl. The van der Waals surface area contributed by atoms with Crippen LogP contribution in [0.3, 0.4) is 0 Å². The van der Waals surface area contributed by atoms with Crippen molar-refractivity contribution in [3.05, 3.63) is 46.9 Å². The van der Waals surface area contributed by atoms with Gasteiger partial charge in [0.2, 0.25) is 5.89 Å². The number of rotatable bonds is 3. The zero-order valence-corrected chi connectivity index (χ0v) is 14.1. The molecule has 2 aromatic heterocycles. The Morgan fingerprint density at radius 2 is 1.75 bits per heavy atom. The minimum atomic E-state index is 0. The van der Waals surface area contributed by atoms with Gasteiger partial charge >= 0.3 is 0 Å². The predicted octanol–water partition coefficient (Wildman–Crippen LogP) is 2.13. The highest BCUT2D eigenvalue weighted by Gasteiger charge is 2.14. The lowest BCUT2D eigenvalue weighted by Crippen LogP contribution is -2.16. The number of halogens is 1. The Balaban J connectivity index is 0.00000169. The van der Waals surface area contributed by atoms with Gasteiger partial charge in [-0.2, -0.15) is 9.97 Å². The first-order valence-electron chi connectivity index (χ1n) is 7.72. The fourth-order valence-corrected chi connectivity index (χ4v) is 2.80. The van der Waals surface area contributed by atoms with Gasteiger partial charge in [0.05, 0.1) is 6.42 Å². The molecule has 0 amide bonds. The number of fused-ring (bicyclic) bond motifs is 1. The summed E-state index contributed by atoms with van der Waals surface area (Å²) in [6.07, 6.45) is 2.48. The van der Waals surface area contributed by atoms with Gasteiger partial charge in [-0.25, -0.2) is 0 Å². The van der Waals surface area contributed by atoms with Gasteiger partial charge in [0.15, 0.2) is 11.6 Å². The molecular formula is C16H18ClN5O2. The molecule has 8 heteroatoms. The van der Waals surface area contributed by atoms with Crippen LogP contribution in [0.5, 0.6) is 0 Å². The zero-order valence-electron chi connectivity index (χ0n) is 13.3. The number of benzene rings is 1. The maximum atomic E-state index is 5.39. The minimum absolute atomic E-state index is 0. The Hall–Kier alpha value is -2.25. The summed E-state index contributed by atoms with van der Waals surface area (Å²) in [7, 11) is 0. The summed E-state index contributed by atoms with van der Waals surface area (Å²) in [5, 5.41) is 11.3. The molecule has 4 rings (SSSR count). The van der Waals surface area contributed by atoms with Crippen LogP contribution >= 0.6 is 12.4 Å². The maximum absolute atomic E-state index is 5.39. The van der Waals surface area contributed by atoms with Crippen molar-refractivity contribution in [3.8, 4) is 11.5 Å². The molecule has 3 heterocycles. The third-order valence-corrected chi connectivity index (χ3v) is 3.95. The second kappa shape index (κ2) is 7.11. The summed E-state index contributed by atoms with van der Waals surface area (Å²) < 4.78 is 10.3. The van der Waals surface area contributed by atoms with Crippen molar-refractivity contribution in [2.24, 2.45) is 0 Å². The van der Waals surface area contributed by atoms with Gasteiger partial charge in [0.1, 0.15) is 0 Å². The van der Waals surface area contributed by atoms with Gasteiger partial charge in [-0.3, -0.25) is 0 Å². The summed E-state index contributed by atoms with van der Waals surface area (Å²) in [5.41, 5.74) is 3.69. The monoisotopic (exact) mass is 347 g/mol. The molecule has 0 atom stereocenters. The fraction of sp³-hybridized carbons (Fsp3) is 0.375. The molecule has 1 N–H and O–H groups in total. The molecule has 0 fully saturated rings. The molecule has 0 unspecified atom stereocenters. The van der Waals surface area contributed by atoms with E-state index in [4.69, 9.17) is 9.05 Å². The Bertz CT molecular complexity index is 829. The molecule has 1 aliphatic rings. The Morgan fingerprint density at radius 1 is 1.00 bits per heavy atom. The zero-order chi connectivity index (χ0) is 15.6. The van der Waals surface area contributed by atoms with Crippen molar-refractivity contribution in [1.82, 2.24) is 25.6 Å². The highest BCUT2D eigenvalue weighted by Crippen LogP contribution is 2.23. The van der Waals surface area contributed by atoms with Crippen LogP contribution in [0.25, 0.3) is 11.5 Å². The number of aromatic nitrogens is 4. The van der Waals surface area contributed by atoms with E-state index >= 15 is 0 Å². The van der Waals surface area contributed by atoms with Crippen molar-refractivity contribution in [1.29, 1.82) is 0 Å². The molecular weight excluding hydrogens is 330 g/mol. The van der Waals surface area contributed by atoms with E-state index in [1.807, 2.05) is 6.07 Å². The van der Waals surface area contributed by atoms with Crippen LogP contribution in [0.15, 0.2) is 27.2 Å². The number of hydrogen-bond donors (Lipinski definition) is 1. The van der Waals surface area contributed by atoms with E-state index in [2.05, 4.69) is 37.7 Å². The van der Waals surface area contributed by atoms with E-state index in [0.29, 0.717) is 29.9 Å². The molecule has 0 spiro atoms. The quantitative estimate of drug-likeness (QED) is 0.776. The van der Waals surface area contributed by atoms with E-state index in [-0.39, 0.29) is 12.4 Å². The average Bonchev–Trinajstić information content (AvgIpc) is 3.10. The van der Waals surface area contributed by atoms with Crippen LogP contribution in [0.1, 0.15) is 28.7 Å². The highest BCUT2D eigenvalue weighted by molar-refractivity contribution is 5.85. The third-order valence-electron chi connectivity index (χ3n) is 3.95. The van der Waals surface area contributed by atoms with Crippen molar-refractivity contribution < 1.29 is 9.05 Å². The van der Waals surface area contributed by atoms with Crippen LogP contribution in [-0.2, 0) is 19.3 Å². The van der Waals surface area contributed by atoms with Crippen molar-refractivity contribution >= 4 is 12.4 Å². The highest BCUT2D eigenvalue weighted by atomic mass is 35.5. The topological polar surface area (TPSA) is 89.9 Å². The van der Waals surface area contributed by atoms with E-state index in [1.54, 1.807) is 6.92 Å². The molecule has 3 aromatic rings. The van der Waals surface area contributed by atoms with Gasteiger partial charge in [-0.1, -0.05) is 16.4 Å². The molecule has 0 radical (unpaired) electrons. The lowest BCUT2D eigenvalue weighted by molar-refractivity contribution is 0.387. The van der Waals surface area contributed by atoms with Crippen LogP contribution in [0, 0.1) is 6.92 Å². The van der Waals surface area contributed by atoms with Crippen LogP contribution in [-0.4, -0.2) is 33.4 Å². The van der Waals surface area contributed by atoms with Crippen molar-refractivity contribution in [2.45, 2.75) is 26.2 Å². The third kappa shape index (κ3) is 3.47. The lowest BCUT2D eigenvalue weighted by Gasteiger charge is -2.05. The molecule has 1 aliphatic heterocycles. The summed E-state index contributed by atoms with van der Waals surface area (Å²) >= 11 is 0. The maximum Gasteiger partial charge on any atom is 0.257 e. The first-order valence-corrected chi connectivity index (χ1v) is 7.72. The Morgan fingerprint density at radius 3 is 2.54 bits per heavy atom. The molecule has 0 bridgehead atoms. The molecule has 24 heavy (non-hydrogen) atoms. The minimum Gasteiger partial charge on any atom is -0.340 e. The smallest absolute Gasteiger partial charge is 0.257 e. The Labute approximate surface area is 145 Å². The van der Waals surface area contributed by atoms with Gasteiger partial charge in [0.25, 0.3) is 5.89 Å². The largest absolute Gasteiger partial charge is 0.340 e. The average molecular weight is 348 g/mol. The van der Waals surface area contributed by atoms with E-state index in [1.165, 1.54) is 11.1 Å². The van der Waals surface area contributed by atoms with E-state index < -0.39 is 0 Å². The number of aryl methyl sites for hydroxylation is 1. The summed E-state index contributed by atoms with van der Waals surface area (Å²) in [4.78, 5) is 8.59. The predicted molar refractivity (Wildman–Crippen MR) is 89.1 cm³/mol. The van der Waals surface area contributed by atoms with Gasteiger partial charge in [-0.05, 0) is 49.2 Å². The first kappa shape index (κ1) is 16.6. The molecule has 7 nitrogen and oxygen atoms in total. The molecule has 0 aliphatic carbocycles. The second-order valence-electron chi connectivity index (χ2n) is 5.66. The summed E-state index contributed by atoms with van der Waals surface area (Å²) in [5.74, 6) is 2.17. The van der Waals surface area contributed by atoms with E-state index in [0.717, 1.165) is 31.5 Å². The van der Waals surface area contributed by atoms with Crippen molar-refractivity contribution in [3.63, 3.8) is 0 Å². The second-order valence-corrected chi connectivity index (χ2v) is 5.66. The summed E-state index contributed by atoms with van der Waals surface area (Å²) in [6, 6.07) is 6.35. The van der Waals surface area contributed by atoms with Crippen LogP contribution in [0.4, 0.5) is 0 Å². The number of hydrogen-bond acceptors (Lipinski definition) is 7. The molecule has 0 saturated heterocycles. The van der Waals surface area contributed by atoms with Gasteiger partial charge < -0.3 is 14.4 Å². The normalized spacial score (nSPS) is 13.9. The lowest BCUT2D eigenvalue weighted by atomic mass is 10.00. The van der Waals surface area contributed by atoms with Crippen LogP contribution in [0.2, 0.25) is 0 Å². The Kier molecular flexibility index (Phi) is 4.92. The standard InChI is InChI=1S/C16H17N5O2.ClH/c1-10-18-14(20-22-10)9-15-19-16(23-21-15)13-3-2-11-4-6-17-7-5-12(11)8-13;/h2-3,8,17H,4-7,9H2,1H3;1H. The number of nitrogens with zero attached hydrogens (tertiary/aromatic N) is 4.